The van der Waals surface area contributed by atoms with Crippen LogP contribution in [-0.2, 0) is 0 Å². The Kier molecular flexibility index (Phi) is 3.18. The van der Waals surface area contributed by atoms with E-state index in [0.717, 1.165) is 11.3 Å². The van der Waals surface area contributed by atoms with Crippen LogP contribution < -0.4 is 10.1 Å². The highest BCUT2D eigenvalue weighted by Crippen LogP contribution is 2.09. The molecule has 1 radical (unpaired) electrons. The number of rotatable bonds is 4. The molecule has 2 aromatic rings. The van der Waals surface area contributed by atoms with E-state index in [1.54, 1.807) is 12.4 Å². The predicted molar refractivity (Wildman–Crippen MR) is 72.3 cm³/mol. The van der Waals surface area contributed by atoms with Crippen LogP contribution in [0.4, 0.5) is 0 Å². The highest BCUT2D eigenvalue weighted by Gasteiger charge is 2.16. The first-order valence-electron chi connectivity index (χ1n) is 5.86. The number of pyridine rings is 1. The zero-order valence-electron chi connectivity index (χ0n) is 10.1. The third kappa shape index (κ3) is 2.77. The van der Waals surface area contributed by atoms with Crippen LogP contribution in [0, 0.1) is 0 Å². The zero-order valence-corrected chi connectivity index (χ0v) is 10.1. The molecule has 0 fully saturated rings. The Morgan fingerprint density at radius 2 is 1.84 bits per heavy atom. The van der Waals surface area contributed by atoms with Gasteiger partial charge in [-0.2, -0.15) is 0 Å². The molecule has 0 atom stereocenters. The monoisotopic (exact) mass is 251 g/mol. The molecule has 1 aliphatic rings. The first-order valence-corrected chi connectivity index (χ1v) is 5.86. The molecule has 0 aliphatic carbocycles. The fourth-order valence-corrected chi connectivity index (χ4v) is 1.62. The van der Waals surface area contributed by atoms with Crippen LogP contribution >= 0.6 is 0 Å². The van der Waals surface area contributed by atoms with E-state index in [0.29, 0.717) is 18.3 Å². The summed E-state index contributed by atoms with van der Waals surface area (Å²) in [5.74, 6) is 1.91. The second-order valence-electron chi connectivity index (χ2n) is 3.90. The second kappa shape index (κ2) is 5.30. The van der Waals surface area contributed by atoms with E-state index >= 15 is 0 Å². The summed E-state index contributed by atoms with van der Waals surface area (Å²) in [5, 5.41) is 12.3. The summed E-state index contributed by atoms with van der Waals surface area (Å²) in [5.41, 5.74) is 0.848. The molecule has 0 bridgehead atoms. The lowest BCUT2D eigenvalue weighted by molar-refractivity contribution is 0.374. The maximum Gasteiger partial charge on any atom is 0.190 e. The molecular weight excluding hydrogens is 240 g/mol. The van der Waals surface area contributed by atoms with Gasteiger partial charge in [0.1, 0.15) is 12.4 Å². The molecule has 0 unspecified atom stereocenters. The molecule has 0 spiro atoms. The van der Waals surface area contributed by atoms with Gasteiger partial charge in [0.15, 0.2) is 11.7 Å². The third-order valence-electron chi connectivity index (χ3n) is 2.53. The Bertz CT molecular complexity index is 608. The van der Waals surface area contributed by atoms with E-state index < -0.39 is 0 Å². The lowest BCUT2D eigenvalue weighted by Gasteiger charge is -2.05. The van der Waals surface area contributed by atoms with Crippen LogP contribution in [-0.4, -0.2) is 23.3 Å². The van der Waals surface area contributed by atoms with Gasteiger partial charge in [-0.3, -0.25) is 4.98 Å². The molecule has 1 aromatic heterocycles. The lowest BCUT2D eigenvalue weighted by Crippen LogP contribution is -2.24. The van der Waals surface area contributed by atoms with Gasteiger partial charge in [-0.1, -0.05) is 18.2 Å². The number of ether oxygens (including phenoxy) is 1. The van der Waals surface area contributed by atoms with Gasteiger partial charge in [-0.15, -0.1) is 10.2 Å². The standard InChI is InChI=1S/C14H11N4O/c1-2-6-12(7-3-1)19-10-13-16-14(18-17-13)11-5-4-8-15-9-11/h1-9H,10H2. The van der Waals surface area contributed by atoms with E-state index in [2.05, 4.69) is 20.5 Å². The summed E-state index contributed by atoms with van der Waals surface area (Å²) in [6.45, 7) is 0.303. The van der Waals surface area contributed by atoms with Crippen LogP contribution in [0.15, 0.2) is 65.1 Å². The van der Waals surface area contributed by atoms with Gasteiger partial charge in [0.2, 0.25) is 0 Å². The predicted octanol–water partition coefficient (Wildman–Crippen LogP) is 1.84. The van der Waals surface area contributed by atoms with Crippen molar-refractivity contribution in [1.29, 1.82) is 0 Å². The van der Waals surface area contributed by atoms with E-state index in [1.165, 1.54) is 0 Å². The van der Waals surface area contributed by atoms with E-state index in [4.69, 9.17) is 4.74 Å². The highest BCUT2D eigenvalue weighted by molar-refractivity contribution is 6.11. The average molecular weight is 251 g/mol. The minimum atomic E-state index is 0.303. The Labute approximate surface area is 110 Å². The smallest absolute Gasteiger partial charge is 0.190 e. The van der Waals surface area contributed by atoms with Gasteiger partial charge in [-0.05, 0) is 24.3 Å². The molecule has 5 nitrogen and oxygen atoms in total. The molecule has 2 heterocycles. The summed E-state index contributed by atoms with van der Waals surface area (Å²) >= 11 is 0. The number of nitrogens with zero attached hydrogens (tertiary/aromatic N) is 4. The Morgan fingerprint density at radius 3 is 2.63 bits per heavy atom. The number of benzene rings is 1. The van der Waals surface area contributed by atoms with Gasteiger partial charge in [0.25, 0.3) is 0 Å². The quantitative estimate of drug-likeness (QED) is 0.832. The first kappa shape index (κ1) is 11.4. The fourth-order valence-electron chi connectivity index (χ4n) is 1.62. The van der Waals surface area contributed by atoms with E-state index in [1.807, 2.05) is 42.5 Å². The normalized spacial score (nSPS) is 13.5. The van der Waals surface area contributed by atoms with E-state index in [9.17, 15) is 0 Å². The van der Waals surface area contributed by atoms with Crippen molar-refractivity contribution < 1.29 is 4.74 Å². The zero-order chi connectivity index (χ0) is 12.9. The van der Waals surface area contributed by atoms with Crippen LogP contribution in [0.1, 0.15) is 5.56 Å². The molecular formula is C14H11N4O. The summed E-state index contributed by atoms with van der Waals surface area (Å²) in [6.07, 6.45) is 3.41. The van der Waals surface area contributed by atoms with Crippen LogP contribution in [0.5, 0.6) is 5.75 Å². The van der Waals surface area contributed by atoms with Crippen molar-refractivity contribution >= 4 is 11.7 Å². The SMILES string of the molecule is c1ccc(OCC2=NN=C(c3cccnc3)[N]2)cc1. The van der Waals surface area contributed by atoms with Gasteiger partial charge < -0.3 is 4.74 Å². The molecule has 1 aromatic carbocycles. The molecule has 3 rings (SSSR count). The van der Waals surface area contributed by atoms with Crippen molar-refractivity contribution in [3.8, 4) is 5.75 Å². The minimum Gasteiger partial charge on any atom is -0.486 e. The van der Waals surface area contributed by atoms with Crippen LogP contribution in [0.3, 0.4) is 0 Å². The van der Waals surface area contributed by atoms with Gasteiger partial charge in [-0.25, -0.2) is 5.32 Å². The van der Waals surface area contributed by atoms with Crippen LogP contribution in [0.25, 0.3) is 0 Å². The van der Waals surface area contributed by atoms with Crippen molar-refractivity contribution in [2.45, 2.75) is 0 Å². The van der Waals surface area contributed by atoms with Crippen molar-refractivity contribution in [2.75, 3.05) is 6.61 Å². The summed E-state index contributed by atoms with van der Waals surface area (Å²) in [4.78, 5) is 4.02. The van der Waals surface area contributed by atoms with Crippen molar-refractivity contribution in [3.05, 3.63) is 60.4 Å². The Balaban J connectivity index is 1.57. The van der Waals surface area contributed by atoms with Crippen molar-refractivity contribution in [1.82, 2.24) is 10.3 Å². The lowest BCUT2D eigenvalue weighted by atomic mass is 10.2. The molecule has 19 heavy (non-hydrogen) atoms. The summed E-state index contributed by atoms with van der Waals surface area (Å²) in [6, 6.07) is 13.3. The largest absolute Gasteiger partial charge is 0.486 e. The maximum absolute atomic E-state index is 5.56. The molecule has 93 valence electrons. The topological polar surface area (TPSA) is 60.9 Å². The number of para-hydroxylation sites is 1. The van der Waals surface area contributed by atoms with Gasteiger partial charge >= 0.3 is 0 Å². The van der Waals surface area contributed by atoms with Crippen molar-refractivity contribution in [3.63, 3.8) is 0 Å². The number of hydrogen-bond donors (Lipinski definition) is 0. The van der Waals surface area contributed by atoms with Crippen molar-refractivity contribution in [2.24, 2.45) is 10.2 Å². The molecule has 0 amide bonds. The Morgan fingerprint density at radius 1 is 0.947 bits per heavy atom. The summed E-state index contributed by atoms with van der Waals surface area (Å²) in [7, 11) is 0. The molecule has 0 N–H and O–H groups in total. The fraction of sp³-hybridized carbons (Fsp3) is 0.0714. The van der Waals surface area contributed by atoms with E-state index in [-0.39, 0.29) is 0 Å². The summed E-state index contributed by atoms with van der Waals surface area (Å²) < 4.78 is 5.56. The number of amidine groups is 2. The van der Waals surface area contributed by atoms with Crippen LogP contribution in [0.2, 0.25) is 0 Å². The maximum atomic E-state index is 5.56. The Hall–Kier alpha value is -2.69. The molecule has 5 heteroatoms. The average Bonchev–Trinajstić information content (AvgIpc) is 2.96. The molecule has 1 aliphatic heterocycles. The van der Waals surface area contributed by atoms with Gasteiger partial charge in [0.05, 0.1) is 0 Å². The number of hydrogen-bond acceptors (Lipinski definition) is 4. The highest BCUT2D eigenvalue weighted by atomic mass is 16.5. The minimum absolute atomic E-state index is 0.303. The third-order valence-corrected chi connectivity index (χ3v) is 2.53. The molecule has 0 saturated carbocycles. The molecule has 0 saturated heterocycles. The van der Waals surface area contributed by atoms with Gasteiger partial charge in [0, 0.05) is 18.0 Å². The first-order chi connectivity index (χ1) is 9.42. The number of aromatic nitrogens is 1. The second-order valence-corrected chi connectivity index (χ2v) is 3.90.